The Labute approximate surface area is 160 Å². The van der Waals surface area contributed by atoms with E-state index in [9.17, 15) is 31.4 Å². The largest absolute Gasteiger partial charge is 0.426 e. The van der Waals surface area contributed by atoms with E-state index in [-0.39, 0.29) is 5.69 Å². The van der Waals surface area contributed by atoms with Gasteiger partial charge in [0.1, 0.15) is 0 Å². The molecule has 0 aliphatic rings. The number of hydrogen-bond acceptors (Lipinski definition) is 3. The highest BCUT2D eigenvalue weighted by atomic mass is 32.1. The Morgan fingerprint density at radius 3 is 1.68 bits per heavy atom. The van der Waals surface area contributed by atoms with Crippen LogP contribution in [-0.4, -0.2) is 28.0 Å². The van der Waals surface area contributed by atoms with Crippen molar-refractivity contribution in [1.29, 1.82) is 0 Å². The fraction of sp³-hybridized carbons (Fsp3) is 0.211. The van der Waals surface area contributed by atoms with Gasteiger partial charge < -0.3 is 5.11 Å². The van der Waals surface area contributed by atoms with Crippen molar-refractivity contribution in [2.45, 2.75) is 24.4 Å². The summed E-state index contributed by atoms with van der Waals surface area (Å²) >= 11 is 0.695. The Balaban J connectivity index is 2.12. The molecule has 1 aromatic heterocycles. The van der Waals surface area contributed by atoms with Gasteiger partial charge in [0.15, 0.2) is 0 Å². The minimum Gasteiger partial charge on any atom is -0.373 e. The van der Waals surface area contributed by atoms with Crippen LogP contribution in [0.5, 0.6) is 0 Å². The number of nitrogens with zero attached hydrogens (tertiary/aromatic N) is 1. The molecule has 2 nitrogen and oxygen atoms in total. The molecule has 2 aromatic carbocycles. The minimum absolute atomic E-state index is 0.262. The van der Waals surface area contributed by atoms with E-state index in [1.54, 1.807) is 60.7 Å². The number of aliphatic hydroxyl groups is 1. The Morgan fingerprint density at radius 2 is 1.21 bits per heavy atom. The number of thiazole rings is 1. The zero-order valence-electron chi connectivity index (χ0n) is 14.1. The number of hydrogen-bond donors (Lipinski definition) is 1. The molecule has 0 radical (unpaired) electrons. The summed E-state index contributed by atoms with van der Waals surface area (Å²) in [5.41, 5.74) is -3.46. The summed E-state index contributed by atoms with van der Waals surface area (Å²) in [6.07, 6.45) is -13.5. The molecule has 0 saturated carbocycles. The highest BCUT2D eigenvalue weighted by molar-refractivity contribution is 7.15. The van der Waals surface area contributed by atoms with Crippen LogP contribution in [0.15, 0.2) is 60.7 Å². The zero-order chi connectivity index (χ0) is 20.6. The topological polar surface area (TPSA) is 33.1 Å². The molecule has 0 amide bonds. The van der Waals surface area contributed by atoms with Crippen LogP contribution in [0, 0.1) is 0 Å². The first-order chi connectivity index (χ1) is 13.0. The van der Waals surface area contributed by atoms with E-state index in [4.69, 9.17) is 0 Å². The van der Waals surface area contributed by atoms with Gasteiger partial charge >= 0.3 is 12.4 Å². The Kier molecular flexibility index (Phi) is 5.24. The van der Waals surface area contributed by atoms with E-state index in [1.807, 2.05) is 0 Å². The fourth-order valence-corrected chi connectivity index (χ4v) is 3.76. The van der Waals surface area contributed by atoms with E-state index in [1.165, 1.54) is 0 Å². The van der Waals surface area contributed by atoms with Crippen LogP contribution in [0.3, 0.4) is 0 Å². The molecule has 0 saturated heterocycles. The molecule has 0 aliphatic carbocycles. The Morgan fingerprint density at radius 1 is 0.750 bits per heavy atom. The van der Waals surface area contributed by atoms with Crippen LogP contribution < -0.4 is 0 Å². The lowest BCUT2D eigenvalue weighted by atomic mass is 9.98. The quantitative estimate of drug-likeness (QED) is 0.538. The highest BCUT2D eigenvalue weighted by Gasteiger charge is 2.70. The predicted octanol–water partition coefficient (Wildman–Crippen LogP) is 5.88. The lowest BCUT2D eigenvalue weighted by Crippen LogP contribution is -2.58. The molecule has 28 heavy (non-hydrogen) atoms. The third-order valence-electron chi connectivity index (χ3n) is 4.10. The van der Waals surface area contributed by atoms with Crippen molar-refractivity contribution < 1.29 is 31.4 Å². The van der Waals surface area contributed by atoms with Crippen LogP contribution in [-0.2, 0) is 6.42 Å². The second-order valence-electron chi connectivity index (χ2n) is 6.05. The van der Waals surface area contributed by atoms with Crippen molar-refractivity contribution in [3.8, 4) is 21.7 Å². The molecule has 0 spiro atoms. The summed E-state index contributed by atoms with van der Waals surface area (Å²) in [5.74, 6) is 0. The molecule has 0 atom stereocenters. The fourth-order valence-electron chi connectivity index (χ4n) is 2.60. The lowest BCUT2D eigenvalue weighted by Gasteiger charge is -2.31. The van der Waals surface area contributed by atoms with Crippen molar-refractivity contribution in [1.82, 2.24) is 4.98 Å². The van der Waals surface area contributed by atoms with Gasteiger partial charge in [-0.15, -0.1) is 11.3 Å². The summed E-state index contributed by atoms with van der Waals surface area (Å²) in [6, 6.07) is 16.9. The summed E-state index contributed by atoms with van der Waals surface area (Å²) in [6.45, 7) is 0. The van der Waals surface area contributed by atoms with E-state index in [0.717, 1.165) is 0 Å². The third-order valence-corrected chi connectivity index (χ3v) is 5.20. The highest BCUT2D eigenvalue weighted by Crippen LogP contribution is 2.47. The summed E-state index contributed by atoms with van der Waals surface area (Å²) in [4.78, 5) is 4.45. The van der Waals surface area contributed by atoms with Crippen LogP contribution in [0.25, 0.3) is 21.7 Å². The third kappa shape index (κ3) is 3.77. The van der Waals surface area contributed by atoms with Crippen molar-refractivity contribution in [3.63, 3.8) is 0 Å². The van der Waals surface area contributed by atoms with Crippen LogP contribution in [0.4, 0.5) is 26.3 Å². The van der Waals surface area contributed by atoms with Gasteiger partial charge in [0.05, 0.1) is 15.6 Å². The van der Waals surface area contributed by atoms with E-state index >= 15 is 0 Å². The molecular weight excluding hydrogens is 404 g/mol. The van der Waals surface area contributed by atoms with Gasteiger partial charge in [-0.3, -0.25) is 0 Å². The number of halogens is 6. The van der Waals surface area contributed by atoms with Gasteiger partial charge in [0, 0.05) is 12.0 Å². The molecular formula is C19H13F6NOS. The van der Waals surface area contributed by atoms with E-state index < -0.39 is 29.4 Å². The molecule has 0 unspecified atom stereocenters. The first-order valence-electron chi connectivity index (χ1n) is 7.99. The molecule has 148 valence electrons. The number of aromatic nitrogens is 1. The molecule has 0 fully saturated rings. The van der Waals surface area contributed by atoms with Gasteiger partial charge in [-0.2, -0.15) is 26.3 Å². The van der Waals surface area contributed by atoms with E-state index in [2.05, 4.69) is 4.98 Å². The Hall–Kier alpha value is -2.39. The second kappa shape index (κ2) is 7.21. The number of rotatable bonds is 4. The van der Waals surface area contributed by atoms with Crippen LogP contribution in [0.1, 0.15) is 5.01 Å². The zero-order valence-corrected chi connectivity index (χ0v) is 14.9. The van der Waals surface area contributed by atoms with Gasteiger partial charge in [-0.25, -0.2) is 4.98 Å². The monoisotopic (exact) mass is 417 g/mol. The molecule has 1 heterocycles. The average molecular weight is 417 g/mol. The molecule has 9 heteroatoms. The minimum atomic E-state index is -5.89. The molecule has 0 aliphatic heterocycles. The van der Waals surface area contributed by atoms with Gasteiger partial charge in [-0.1, -0.05) is 60.7 Å². The molecule has 3 aromatic rings. The second-order valence-corrected chi connectivity index (χ2v) is 7.13. The summed E-state index contributed by atoms with van der Waals surface area (Å²) < 4.78 is 78.3. The van der Waals surface area contributed by atoms with Crippen LogP contribution in [0.2, 0.25) is 0 Å². The smallest absolute Gasteiger partial charge is 0.373 e. The van der Waals surface area contributed by atoms with Crippen molar-refractivity contribution in [3.05, 3.63) is 65.7 Å². The van der Waals surface area contributed by atoms with Gasteiger partial charge in [0.2, 0.25) is 0 Å². The van der Waals surface area contributed by atoms with Crippen molar-refractivity contribution in [2.75, 3.05) is 0 Å². The van der Waals surface area contributed by atoms with Gasteiger partial charge in [-0.05, 0) is 5.56 Å². The normalized spacial score (nSPS) is 13.0. The maximum absolute atomic E-state index is 13.0. The molecule has 0 bridgehead atoms. The van der Waals surface area contributed by atoms with Gasteiger partial charge in [0.25, 0.3) is 5.60 Å². The lowest BCUT2D eigenvalue weighted by molar-refractivity contribution is -0.367. The predicted molar refractivity (Wildman–Crippen MR) is 93.7 cm³/mol. The van der Waals surface area contributed by atoms with Crippen LogP contribution >= 0.6 is 11.3 Å². The molecule has 1 N–H and O–H groups in total. The standard InChI is InChI=1S/C19H13F6NOS/c20-18(21,22)17(27,19(23,24)25)11-14-26-15(12-7-3-1-4-8-12)16(28-14)13-9-5-2-6-10-13/h1-10,27H,11H2. The first-order valence-corrected chi connectivity index (χ1v) is 8.81. The number of alkyl halides is 6. The number of benzene rings is 2. The SMILES string of the molecule is OC(Cc1nc(-c2ccccc2)c(-c2ccccc2)s1)(C(F)(F)F)C(F)(F)F. The van der Waals surface area contributed by atoms with Crippen molar-refractivity contribution >= 4 is 11.3 Å². The van der Waals surface area contributed by atoms with E-state index in [0.29, 0.717) is 27.3 Å². The Bertz CT molecular complexity index is 864. The summed E-state index contributed by atoms with van der Waals surface area (Å²) in [7, 11) is 0. The maximum atomic E-state index is 13.0. The first kappa shape index (κ1) is 20.3. The summed E-state index contributed by atoms with van der Waals surface area (Å²) in [5, 5.41) is 9.03. The van der Waals surface area contributed by atoms with Crippen molar-refractivity contribution in [2.24, 2.45) is 0 Å². The average Bonchev–Trinajstić information content (AvgIpc) is 3.05. The molecule has 3 rings (SSSR count). The maximum Gasteiger partial charge on any atom is 0.426 e.